The first kappa shape index (κ1) is 8.51. The molecule has 0 spiro atoms. The van der Waals surface area contributed by atoms with Gasteiger partial charge in [-0.2, -0.15) is 0 Å². The number of quaternary nitrogens is 1. The van der Waals surface area contributed by atoms with Crippen LogP contribution in [0.2, 0.25) is 0 Å². The minimum Gasteiger partial charge on any atom is -0.599 e. The van der Waals surface area contributed by atoms with Crippen molar-refractivity contribution in [3.8, 4) is 0 Å². The van der Waals surface area contributed by atoms with E-state index in [0.717, 1.165) is 0 Å². The van der Waals surface area contributed by atoms with Gasteiger partial charge in [0.15, 0.2) is 0 Å². The van der Waals surface area contributed by atoms with Crippen LogP contribution < -0.4 is 10.7 Å². The fraction of sp³-hybridized carbons (Fsp3) is 0.750. The zero-order valence-corrected chi connectivity index (χ0v) is 5.39. The maximum Gasteiger partial charge on any atom is 0.0982 e. The molecule has 2 N–H and O–H groups in total. The van der Waals surface area contributed by atoms with E-state index in [4.69, 9.17) is 0 Å². The Labute approximate surface area is 53.8 Å². The lowest BCUT2D eigenvalue weighted by atomic mass is 10.7. The van der Waals surface area contributed by atoms with Gasteiger partial charge in [-0.3, -0.25) is 4.99 Å². The summed E-state index contributed by atoms with van der Waals surface area (Å²) >= 11 is 0. The molecule has 0 amide bonds. The van der Waals surface area contributed by atoms with E-state index < -0.39 is 0 Å². The molecule has 0 aromatic heterocycles. The van der Waals surface area contributed by atoms with Crippen molar-refractivity contribution < 1.29 is 10.2 Å². The molecule has 0 fully saturated rings. The summed E-state index contributed by atoms with van der Waals surface area (Å²) in [5.41, 5.74) is 2.40. The van der Waals surface area contributed by atoms with Crippen LogP contribution in [0.15, 0.2) is 4.99 Å². The predicted molar refractivity (Wildman–Crippen MR) is 33.8 cm³/mol. The van der Waals surface area contributed by atoms with Crippen LogP contribution >= 0.6 is 0 Å². The predicted octanol–water partition coefficient (Wildman–Crippen LogP) is -1.86. The minimum atomic E-state index is -0.348. The minimum absolute atomic E-state index is 0.348. The third kappa shape index (κ3) is 7.51. The number of rotatable bonds is 5. The SMILES string of the molecule is C=NCCNO[NH+](C)[O-]. The molecule has 0 saturated heterocycles. The lowest BCUT2D eigenvalue weighted by Crippen LogP contribution is -3.04. The molecule has 0 bridgehead atoms. The topological polar surface area (TPSA) is 61.1 Å². The van der Waals surface area contributed by atoms with E-state index >= 15 is 0 Å². The van der Waals surface area contributed by atoms with Gasteiger partial charge in [0.25, 0.3) is 0 Å². The highest BCUT2D eigenvalue weighted by Gasteiger charge is 1.85. The number of hydroxylamine groups is 3. The molecule has 1 atom stereocenters. The van der Waals surface area contributed by atoms with Gasteiger partial charge in [-0.15, -0.1) is 10.4 Å². The second-order valence-electron chi connectivity index (χ2n) is 1.44. The molecule has 1 unspecified atom stereocenters. The average Bonchev–Trinajstić information content (AvgIpc) is 1.80. The van der Waals surface area contributed by atoms with E-state index in [-0.39, 0.29) is 5.23 Å². The Morgan fingerprint density at radius 2 is 2.56 bits per heavy atom. The molecule has 5 nitrogen and oxygen atoms in total. The summed E-state index contributed by atoms with van der Waals surface area (Å²) in [6, 6.07) is 0. The first-order chi connectivity index (χ1) is 4.27. The first-order valence-electron chi connectivity index (χ1n) is 2.60. The number of hydrogen-bond donors (Lipinski definition) is 2. The number of aliphatic imine (C=N–C) groups is 1. The maximum atomic E-state index is 10.1. The Morgan fingerprint density at radius 3 is 3.00 bits per heavy atom. The van der Waals surface area contributed by atoms with Crippen molar-refractivity contribution in [2.75, 3.05) is 20.1 Å². The molecule has 0 aliphatic carbocycles. The van der Waals surface area contributed by atoms with Gasteiger partial charge in [0, 0.05) is 6.54 Å². The molecule has 0 aliphatic heterocycles. The van der Waals surface area contributed by atoms with Crippen LogP contribution in [0.25, 0.3) is 0 Å². The summed E-state index contributed by atoms with van der Waals surface area (Å²) in [6.45, 7) is 4.31. The van der Waals surface area contributed by atoms with Crippen LogP contribution in [0.1, 0.15) is 0 Å². The van der Waals surface area contributed by atoms with Gasteiger partial charge in [-0.25, -0.2) is 5.23 Å². The summed E-state index contributed by atoms with van der Waals surface area (Å²) in [5, 5.41) is 9.73. The van der Waals surface area contributed by atoms with Crippen molar-refractivity contribution in [3.05, 3.63) is 5.21 Å². The third-order valence-electron chi connectivity index (χ3n) is 0.588. The Balaban J connectivity index is 2.82. The van der Waals surface area contributed by atoms with E-state index in [2.05, 4.69) is 22.1 Å². The molecular formula is C4H11N3O2. The summed E-state index contributed by atoms with van der Waals surface area (Å²) < 4.78 is 0. The lowest BCUT2D eigenvalue weighted by molar-refractivity contribution is -1.05. The second-order valence-corrected chi connectivity index (χ2v) is 1.44. The molecule has 54 valence electrons. The van der Waals surface area contributed by atoms with Crippen LogP contribution in [0.3, 0.4) is 0 Å². The van der Waals surface area contributed by atoms with Gasteiger partial charge >= 0.3 is 0 Å². The molecule has 0 aromatic carbocycles. The zero-order valence-electron chi connectivity index (χ0n) is 5.39. The number of hydrogen-bond acceptors (Lipinski definition) is 4. The van der Waals surface area contributed by atoms with Crippen LogP contribution in [0, 0.1) is 5.21 Å². The summed E-state index contributed by atoms with van der Waals surface area (Å²) in [5.74, 6) is 0. The normalized spacial score (nSPS) is 13.1. The third-order valence-corrected chi connectivity index (χ3v) is 0.588. The standard InChI is InChI=1S/C4H11N3O2/c1-5-3-4-6-9-7(2)8/h6-7H,1,3-4H2,2H3. The summed E-state index contributed by atoms with van der Waals surface area (Å²) in [7, 11) is 1.33. The van der Waals surface area contributed by atoms with Crippen LogP contribution in [0.5, 0.6) is 0 Å². The summed E-state index contributed by atoms with van der Waals surface area (Å²) in [6.07, 6.45) is 0. The van der Waals surface area contributed by atoms with Gasteiger partial charge in [0.2, 0.25) is 0 Å². The molecular weight excluding hydrogens is 122 g/mol. The fourth-order valence-electron chi connectivity index (χ4n) is 0.277. The summed E-state index contributed by atoms with van der Waals surface area (Å²) in [4.78, 5) is 7.90. The van der Waals surface area contributed by atoms with Crippen molar-refractivity contribution in [1.82, 2.24) is 5.48 Å². The van der Waals surface area contributed by atoms with E-state index in [0.29, 0.717) is 13.1 Å². The highest BCUT2D eigenvalue weighted by atomic mass is 17.0. The lowest BCUT2D eigenvalue weighted by Gasteiger charge is -2.12. The Kier molecular flexibility index (Phi) is 5.34. The van der Waals surface area contributed by atoms with E-state index in [1.807, 2.05) is 0 Å². The molecule has 0 aromatic rings. The molecule has 0 aliphatic rings. The molecule has 9 heavy (non-hydrogen) atoms. The molecule has 5 heteroatoms. The smallest absolute Gasteiger partial charge is 0.0982 e. The molecule has 0 radical (unpaired) electrons. The molecule has 0 heterocycles. The van der Waals surface area contributed by atoms with Gasteiger partial charge in [0.1, 0.15) is 0 Å². The molecule has 0 saturated carbocycles. The van der Waals surface area contributed by atoms with Crippen molar-refractivity contribution in [2.24, 2.45) is 4.99 Å². The van der Waals surface area contributed by atoms with E-state index in [9.17, 15) is 5.21 Å². The highest BCUT2D eigenvalue weighted by molar-refractivity contribution is 5.23. The Hall–Kier alpha value is -0.490. The average molecular weight is 133 g/mol. The second kappa shape index (κ2) is 5.64. The van der Waals surface area contributed by atoms with Gasteiger partial charge < -0.3 is 5.21 Å². The van der Waals surface area contributed by atoms with Gasteiger partial charge in [-0.1, -0.05) is 0 Å². The zero-order chi connectivity index (χ0) is 7.11. The van der Waals surface area contributed by atoms with Gasteiger partial charge in [0.05, 0.1) is 13.6 Å². The van der Waals surface area contributed by atoms with E-state index in [1.54, 1.807) is 0 Å². The molecule has 0 rings (SSSR count). The fourth-order valence-corrected chi connectivity index (χ4v) is 0.277. The monoisotopic (exact) mass is 133 g/mol. The Morgan fingerprint density at radius 1 is 1.89 bits per heavy atom. The van der Waals surface area contributed by atoms with E-state index in [1.165, 1.54) is 7.05 Å². The van der Waals surface area contributed by atoms with Crippen LogP contribution in [0.4, 0.5) is 0 Å². The largest absolute Gasteiger partial charge is 0.599 e. The van der Waals surface area contributed by atoms with Crippen molar-refractivity contribution in [3.63, 3.8) is 0 Å². The highest BCUT2D eigenvalue weighted by Crippen LogP contribution is 1.59. The maximum absolute atomic E-state index is 10.1. The van der Waals surface area contributed by atoms with Crippen LogP contribution in [-0.4, -0.2) is 26.9 Å². The van der Waals surface area contributed by atoms with Crippen molar-refractivity contribution >= 4 is 6.72 Å². The Bertz CT molecular complexity index is 76.2. The first-order valence-corrected chi connectivity index (χ1v) is 2.60. The van der Waals surface area contributed by atoms with Gasteiger partial charge in [-0.05, 0) is 6.72 Å². The van der Waals surface area contributed by atoms with Crippen molar-refractivity contribution in [1.29, 1.82) is 0 Å². The van der Waals surface area contributed by atoms with Crippen molar-refractivity contribution in [2.45, 2.75) is 0 Å². The van der Waals surface area contributed by atoms with Crippen LogP contribution in [-0.2, 0) is 4.94 Å². The quantitative estimate of drug-likeness (QED) is 0.262. The number of nitrogens with one attached hydrogen (secondary N) is 2. The number of nitrogens with zero attached hydrogens (tertiary/aromatic N) is 1.